The Bertz CT molecular complexity index is 355. The summed E-state index contributed by atoms with van der Waals surface area (Å²) in [6.45, 7) is 2.70. The van der Waals surface area contributed by atoms with Gasteiger partial charge in [-0.25, -0.2) is 4.79 Å². The number of halogens is 1. The van der Waals surface area contributed by atoms with Crippen LogP contribution in [0, 0.1) is 6.92 Å². The van der Waals surface area contributed by atoms with Crippen molar-refractivity contribution in [1.82, 2.24) is 0 Å². The molecule has 4 nitrogen and oxygen atoms in total. The predicted molar refractivity (Wildman–Crippen MR) is 64.3 cm³/mol. The second kappa shape index (κ2) is 7.09. The van der Waals surface area contributed by atoms with Crippen LogP contribution in [-0.4, -0.2) is 26.2 Å². The molecule has 0 amide bonds. The van der Waals surface area contributed by atoms with E-state index in [0.29, 0.717) is 24.5 Å². The summed E-state index contributed by atoms with van der Waals surface area (Å²) in [7, 11) is 1.34. The first-order valence-corrected chi connectivity index (χ1v) is 4.71. The van der Waals surface area contributed by atoms with E-state index in [1.165, 1.54) is 7.11 Å². The van der Waals surface area contributed by atoms with Crippen molar-refractivity contribution in [3.8, 4) is 5.75 Å². The van der Waals surface area contributed by atoms with E-state index in [2.05, 4.69) is 4.74 Å². The van der Waals surface area contributed by atoms with Crippen LogP contribution in [-0.2, 0) is 4.74 Å². The quantitative estimate of drug-likeness (QED) is 0.818. The van der Waals surface area contributed by atoms with Gasteiger partial charge in [-0.2, -0.15) is 0 Å². The molecule has 0 spiro atoms. The normalized spacial score (nSPS) is 9.19. The molecule has 0 atom stereocenters. The third kappa shape index (κ3) is 3.72. The van der Waals surface area contributed by atoms with E-state index in [1.807, 2.05) is 13.0 Å². The molecule has 0 saturated carbocycles. The topological polar surface area (TPSA) is 61.5 Å². The molecule has 0 saturated heterocycles. The minimum atomic E-state index is -0.397. The zero-order valence-electron chi connectivity index (χ0n) is 9.36. The minimum absolute atomic E-state index is 0. The molecule has 0 heterocycles. The zero-order chi connectivity index (χ0) is 11.3. The van der Waals surface area contributed by atoms with Crippen molar-refractivity contribution in [2.75, 3.05) is 20.3 Å². The fourth-order valence-corrected chi connectivity index (χ4v) is 1.21. The first-order valence-electron chi connectivity index (χ1n) is 4.71. The van der Waals surface area contributed by atoms with E-state index in [9.17, 15) is 4.79 Å². The van der Waals surface area contributed by atoms with Crippen molar-refractivity contribution in [2.45, 2.75) is 6.92 Å². The molecule has 1 aromatic carbocycles. The van der Waals surface area contributed by atoms with E-state index >= 15 is 0 Å². The molecule has 5 heteroatoms. The summed E-state index contributed by atoms with van der Waals surface area (Å²) in [5.74, 6) is 0.114. The maximum Gasteiger partial charge on any atom is 0.341 e. The van der Waals surface area contributed by atoms with Crippen LogP contribution >= 0.6 is 12.4 Å². The van der Waals surface area contributed by atoms with Crippen molar-refractivity contribution < 1.29 is 14.3 Å². The van der Waals surface area contributed by atoms with Crippen molar-refractivity contribution in [2.24, 2.45) is 5.73 Å². The smallest absolute Gasteiger partial charge is 0.341 e. The fraction of sp³-hybridized carbons (Fsp3) is 0.364. The number of carbonyl (C=O) groups is 1. The highest BCUT2D eigenvalue weighted by atomic mass is 35.5. The van der Waals surface area contributed by atoms with Gasteiger partial charge in [-0.3, -0.25) is 0 Å². The molecular formula is C11H16ClNO3. The summed E-state index contributed by atoms with van der Waals surface area (Å²) in [5, 5.41) is 0. The third-order valence-electron chi connectivity index (χ3n) is 1.92. The highest BCUT2D eigenvalue weighted by Crippen LogP contribution is 2.20. The number of nitrogens with two attached hydrogens (primary N) is 1. The van der Waals surface area contributed by atoms with Gasteiger partial charge in [0.2, 0.25) is 0 Å². The highest BCUT2D eigenvalue weighted by molar-refractivity contribution is 5.92. The number of esters is 1. The first-order chi connectivity index (χ1) is 7.19. The molecule has 90 valence electrons. The summed E-state index contributed by atoms with van der Waals surface area (Å²) in [6.07, 6.45) is 0. The van der Waals surface area contributed by atoms with Gasteiger partial charge in [0, 0.05) is 6.54 Å². The van der Waals surface area contributed by atoms with Crippen molar-refractivity contribution in [1.29, 1.82) is 0 Å². The zero-order valence-corrected chi connectivity index (χ0v) is 10.2. The molecule has 0 radical (unpaired) electrons. The minimum Gasteiger partial charge on any atom is -0.491 e. The summed E-state index contributed by atoms with van der Waals surface area (Å²) < 4.78 is 10.0. The van der Waals surface area contributed by atoms with Gasteiger partial charge in [-0.05, 0) is 19.1 Å². The third-order valence-corrected chi connectivity index (χ3v) is 1.92. The van der Waals surface area contributed by atoms with Crippen LogP contribution in [0.25, 0.3) is 0 Å². The van der Waals surface area contributed by atoms with Gasteiger partial charge >= 0.3 is 5.97 Å². The Balaban J connectivity index is 0.00000225. The molecule has 0 aliphatic heterocycles. The monoisotopic (exact) mass is 245 g/mol. The number of aryl methyl sites for hydroxylation is 1. The number of rotatable bonds is 4. The van der Waals surface area contributed by atoms with Crippen LogP contribution in [0.3, 0.4) is 0 Å². The van der Waals surface area contributed by atoms with Crippen LogP contribution in [0.2, 0.25) is 0 Å². The van der Waals surface area contributed by atoms with Gasteiger partial charge < -0.3 is 15.2 Å². The molecule has 0 bridgehead atoms. The van der Waals surface area contributed by atoms with Crippen LogP contribution in [0.1, 0.15) is 15.9 Å². The Morgan fingerprint density at radius 1 is 1.44 bits per heavy atom. The Morgan fingerprint density at radius 3 is 2.69 bits per heavy atom. The van der Waals surface area contributed by atoms with Gasteiger partial charge in [0.15, 0.2) is 0 Å². The Kier molecular flexibility index (Phi) is 6.53. The lowest BCUT2D eigenvalue weighted by atomic mass is 10.1. The van der Waals surface area contributed by atoms with E-state index in [1.54, 1.807) is 12.1 Å². The fourth-order valence-electron chi connectivity index (χ4n) is 1.21. The van der Waals surface area contributed by atoms with Gasteiger partial charge in [0.1, 0.15) is 17.9 Å². The molecule has 0 aromatic heterocycles. The van der Waals surface area contributed by atoms with Gasteiger partial charge in [-0.15, -0.1) is 12.4 Å². The lowest BCUT2D eigenvalue weighted by Crippen LogP contribution is -2.13. The summed E-state index contributed by atoms with van der Waals surface area (Å²) in [4.78, 5) is 11.4. The largest absolute Gasteiger partial charge is 0.491 e. The molecule has 0 aliphatic rings. The molecule has 0 unspecified atom stereocenters. The Labute approximate surface area is 101 Å². The molecule has 2 N–H and O–H groups in total. The van der Waals surface area contributed by atoms with Crippen LogP contribution < -0.4 is 10.5 Å². The van der Waals surface area contributed by atoms with Crippen LogP contribution in [0.15, 0.2) is 18.2 Å². The number of ether oxygens (including phenoxy) is 2. The average molecular weight is 246 g/mol. The Morgan fingerprint density at radius 2 is 2.12 bits per heavy atom. The molecular weight excluding hydrogens is 230 g/mol. The van der Waals surface area contributed by atoms with Gasteiger partial charge in [0.05, 0.1) is 7.11 Å². The van der Waals surface area contributed by atoms with Crippen LogP contribution in [0.5, 0.6) is 5.75 Å². The second-order valence-electron chi connectivity index (χ2n) is 3.13. The van der Waals surface area contributed by atoms with Crippen molar-refractivity contribution in [3.05, 3.63) is 29.3 Å². The lowest BCUT2D eigenvalue weighted by molar-refractivity contribution is 0.0596. The second-order valence-corrected chi connectivity index (χ2v) is 3.13. The highest BCUT2D eigenvalue weighted by Gasteiger charge is 2.12. The van der Waals surface area contributed by atoms with E-state index in [-0.39, 0.29) is 12.4 Å². The van der Waals surface area contributed by atoms with E-state index < -0.39 is 5.97 Å². The number of hydrogen-bond acceptors (Lipinski definition) is 4. The number of carbonyl (C=O) groups excluding carboxylic acids is 1. The number of methoxy groups -OCH3 is 1. The molecule has 1 rings (SSSR count). The maximum absolute atomic E-state index is 11.4. The van der Waals surface area contributed by atoms with Crippen molar-refractivity contribution in [3.63, 3.8) is 0 Å². The summed E-state index contributed by atoms with van der Waals surface area (Å²) in [6, 6.07) is 5.35. The average Bonchev–Trinajstić information content (AvgIpc) is 2.26. The summed E-state index contributed by atoms with van der Waals surface area (Å²) in [5.41, 5.74) is 6.74. The number of hydrogen-bond donors (Lipinski definition) is 1. The van der Waals surface area contributed by atoms with Crippen molar-refractivity contribution >= 4 is 18.4 Å². The van der Waals surface area contributed by atoms with Crippen LogP contribution in [0.4, 0.5) is 0 Å². The number of benzene rings is 1. The van der Waals surface area contributed by atoms with E-state index in [4.69, 9.17) is 10.5 Å². The lowest BCUT2D eigenvalue weighted by Gasteiger charge is -2.09. The standard InChI is InChI=1S/C11H15NO3.ClH/c1-8-3-4-10(15-6-5-12)9(7-8)11(13)14-2;/h3-4,7H,5-6,12H2,1-2H3;1H. The molecule has 1 aromatic rings. The van der Waals surface area contributed by atoms with Gasteiger partial charge in [0.25, 0.3) is 0 Å². The summed E-state index contributed by atoms with van der Waals surface area (Å²) >= 11 is 0. The first kappa shape index (κ1) is 14.7. The SMILES string of the molecule is COC(=O)c1cc(C)ccc1OCCN.Cl. The maximum atomic E-state index is 11.4. The predicted octanol–water partition coefficient (Wildman–Crippen LogP) is 1.54. The molecule has 0 fully saturated rings. The Hall–Kier alpha value is -1.26. The molecule has 0 aliphatic carbocycles. The van der Waals surface area contributed by atoms with E-state index in [0.717, 1.165) is 5.56 Å². The molecule has 16 heavy (non-hydrogen) atoms. The van der Waals surface area contributed by atoms with Gasteiger partial charge in [-0.1, -0.05) is 11.6 Å².